The standard InChI is InChI=1S/C20H19ClF3NO4S/c1-12-15-11-18-17(28-7-2-8-29-18)9-13(15)5-6-25(12)30(26,27)19-10-14(20(22,23)24)3-4-16(19)21/h3-4,9-12H,2,5-8H2,1H3. The van der Waals surface area contributed by atoms with Crippen molar-refractivity contribution in [1.29, 1.82) is 0 Å². The summed E-state index contributed by atoms with van der Waals surface area (Å²) in [6.07, 6.45) is -3.54. The van der Waals surface area contributed by atoms with Crippen molar-refractivity contribution < 1.29 is 31.1 Å². The minimum atomic E-state index is -4.68. The van der Waals surface area contributed by atoms with Crippen LogP contribution < -0.4 is 9.47 Å². The molecule has 30 heavy (non-hydrogen) atoms. The Morgan fingerprint density at radius 1 is 1.10 bits per heavy atom. The highest BCUT2D eigenvalue weighted by Gasteiger charge is 2.38. The number of hydrogen-bond acceptors (Lipinski definition) is 4. The molecule has 0 N–H and O–H groups in total. The molecule has 0 aromatic heterocycles. The van der Waals surface area contributed by atoms with E-state index in [1.807, 2.05) is 6.07 Å². The van der Waals surface area contributed by atoms with Gasteiger partial charge in [0.05, 0.1) is 23.8 Å². The second kappa shape index (κ2) is 7.62. The third kappa shape index (κ3) is 3.74. The van der Waals surface area contributed by atoms with Crippen LogP contribution >= 0.6 is 11.6 Å². The predicted octanol–water partition coefficient (Wildman–Crippen LogP) is 4.83. The monoisotopic (exact) mass is 461 g/mol. The number of fused-ring (bicyclic) bond motifs is 2. The van der Waals surface area contributed by atoms with Gasteiger partial charge in [-0.25, -0.2) is 8.42 Å². The van der Waals surface area contributed by atoms with Crippen molar-refractivity contribution in [1.82, 2.24) is 4.31 Å². The van der Waals surface area contributed by atoms with E-state index in [4.69, 9.17) is 21.1 Å². The third-order valence-corrected chi connectivity index (χ3v) is 7.79. The molecule has 1 unspecified atom stereocenters. The minimum Gasteiger partial charge on any atom is -0.490 e. The molecule has 0 saturated heterocycles. The van der Waals surface area contributed by atoms with Gasteiger partial charge in [-0.3, -0.25) is 0 Å². The maximum absolute atomic E-state index is 13.3. The van der Waals surface area contributed by atoms with E-state index in [0.29, 0.717) is 37.2 Å². The molecule has 162 valence electrons. The number of sulfonamides is 1. The van der Waals surface area contributed by atoms with Crippen LogP contribution in [0.3, 0.4) is 0 Å². The highest BCUT2D eigenvalue weighted by atomic mass is 35.5. The molecule has 2 aliphatic rings. The lowest BCUT2D eigenvalue weighted by Crippen LogP contribution is -2.39. The van der Waals surface area contributed by atoms with E-state index in [0.717, 1.165) is 29.7 Å². The van der Waals surface area contributed by atoms with E-state index in [1.165, 1.54) is 4.31 Å². The summed E-state index contributed by atoms with van der Waals surface area (Å²) in [6.45, 7) is 2.83. The highest BCUT2D eigenvalue weighted by Crippen LogP contribution is 2.42. The van der Waals surface area contributed by atoms with Gasteiger partial charge in [-0.1, -0.05) is 11.6 Å². The minimum absolute atomic E-state index is 0.114. The van der Waals surface area contributed by atoms with Crippen molar-refractivity contribution >= 4 is 21.6 Å². The molecule has 0 radical (unpaired) electrons. The average molecular weight is 462 g/mol. The second-order valence-corrected chi connectivity index (χ2v) is 9.50. The van der Waals surface area contributed by atoms with Gasteiger partial charge in [0.1, 0.15) is 4.90 Å². The molecular weight excluding hydrogens is 443 g/mol. The molecule has 0 saturated carbocycles. The van der Waals surface area contributed by atoms with E-state index < -0.39 is 32.7 Å². The average Bonchev–Trinajstić information content (AvgIpc) is 2.91. The first-order valence-corrected chi connectivity index (χ1v) is 11.2. The van der Waals surface area contributed by atoms with Crippen molar-refractivity contribution in [2.45, 2.75) is 36.9 Å². The Morgan fingerprint density at radius 2 is 1.77 bits per heavy atom. The van der Waals surface area contributed by atoms with Crippen LogP contribution in [-0.4, -0.2) is 32.5 Å². The fourth-order valence-electron chi connectivity index (χ4n) is 3.78. The van der Waals surface area contributed by atoms with E-state index in [1.54, 1.807) is 13.0 Å². The van der Waals surface area contributed by atoms with Gasteiger partial charge >= 0.3 is 6.18 Å². The summed E-state index contributed by atoms with van der Waals surface area (Å²) in [5.41, 5.74) is 0.594. The molecule has 0 fully saturated rings. The normalized spacial score (nSPS) is 19.8. The van der Waals surface area contributed by atoms with E-state index in [9.17, 15) is 21.6 Å². The SMILES string of the molecule is CC1c2cc3c(cc2CCN1S(=O)(=O)c1cc(C(F)(F)F)ccc1Cl)OCCCO3. The van der Waals surface area contributed by atoms with Gasteiger partial charge in [-0.15, -0.1) is 0 Å². The first kappa shape index (κ1) is 21.3. The second-order valence-electron chi connectivity index (χ2n) is 7.23. The third-order valence-electron chi connectivity index (χ3n) is 5.34. The molecule has 4 rings (SSSR count). The number of alkyl halides is 3. The zero-order valence-corrected chi connectivity index (χ0v) is 17.6. The molecule has 10 heteroatoms. The van der Waals surface area contributed by atoms with E-state index in [-0.39, 0.29) is 11.6 Å². The van der Waals surface area contributed by atoms with Crippen molar-refractivity contribution in [3.8, 4) is 11.5 Å². The number of benzene rings is 2. The summed E-state index contributed by atoms with van der Waals surface area (Å²) in [4.78, 5) is -0.552. The number of rotatable bonds is 2. The summed E-state index contributed by atoms with van der Waals surface area (Å²) in [5.74, 6) is 1.16. The van der Waals surface area contributed by atoms with Crippen molar-refractivity contribution in [2.24, 2.45) is 0 Å². The Labute approximate surface area is 177 Å². The van der Waals surface area contributed by atoms with Gasteiger partial charge in [0.2, 0.25) is 10.0 Å². The fourth-order valence-corrected chi connectivity index (χ4v) is 5.90. The molecule has 0 spiro atoms. The molecule has 2 aliphatic heterocycles. The van der Waals surface area contributed by atoms with Crippen molar-refractivity contribution in [2.75, 3.05) is 19.8 Å². The van der Waals surface area contributed by atoms with Crippen molar-refractivity contribution in [3.05, 3.63) is 52.0 Å². The molecule has 1 atom stereocenters. The number of halogens is 4. The number of nitrogens with zero attached hydrogens (tertiary/aromatic N) is 1. The molecule has 0 amide bonds. The molecule has 0 aliphatic carbocycles. The Morgan fingerprint density at radius 3 is 2.43 bits per heavy atom. The van der Waals surface area contributed by atoms with Crippen LogP contribution in [0, 0.1) is 0 Å². The summed E-state index contributed by atoms with van der Waals surface area (Å²) in [5, 5.41) is -0.250. The van der Waals surface area contributed by atoms with Crippen LogP contribution in [0.2, 0.25) is 5.02 Å². The van der Waals surface area contributed by atoms with Crippen molar-refractivity contribution in [3.63, 3.8) is 0 Å². The lowest BCUT2D eigenvalue weighted by Gasteiger charge is -2.35. The first-order valence-electron chi connectivity index (χ1n) is 9.40. The molecular formula is C20H19ClF3NO4S. The largest absolute Gasteiger partial charge is 0.490 e. The smallest absolute Gasteiger partial charge is 0.416 e. The zero-order valence-electron chi connectivity index (χ0n) is 16.0. The summed E-state index contributed by atoms with van der Waals surface area (Å²) >= 11 is 6.00. The van der Waals surface area contributed by atoms with E-state index in [2.05, 4.69) is 0 Å². The summed E-state index contributed by atoms with van der Waals surface area (Å²) in [7, 11) is -4.27. The van der Waals surface area contributed by atoms with Crippen LogP contribution in [-0.2, 0) is 22.6 Å². The summed E-state index contributed by atoms with van der Waals surface area (Å²) in [6, 6.07) is 5.33. The topological polar surface area (TPSA) is 55.8 Å². The van der Waals surface area contributed by atoms with Crippen LogP contribution in [0.25, 0.3) is 0 Å². The molecule has 2 aromatic carbocycles. The maximum Gasteiger partial charge on any atom is 0.416 e. The van der Waals surface area contributed by atoms with E-state index >= 15 is 0 Å². The van der Waals surface area contributed by atoms with Gasteiger partial charge in [0.25, 0.3) is 0 Å². The van der Waals surface area contributed by atoms with Crippen LogP contribution in [0.15, 0.2) is 35.2 Å². The fraction of sp³-hybridized carbons (Fsp3) is 0.400. The molecule has 2 heterocycles. The first-order chi connectivity index (χ1) is 14.1. The lowest BCUT2D eigenvalue weighted by atomic mass is 9.94. The van der Waals surface area contributed by atoms with Crippen LogP contribution in [0.1, 0.15) is 36.1 Å². The van der Waals surface area contributed by atoms with Gasteiger partial charge in [-0.2, -0.15) is 17.5 Å². The Kier molecular flexibility index (Phi) is 5.40. The van der Waals surface area contributed by atoms with Gasteiger partial charge in [0.15, 0.2) is 11.5 Å². The Hall–Kier alpha value is -1.97. The van der Waals surface area contributed by atoms with Gasteiger partial charge < -0.3 is 9.47 Å². The van der Waals surface area contributed by atoms with Crippen LogP contribution in [0.5, 0.6) is 11.5 Å². The van der Waals surface area contributed by atoms with Gasteiger partial charge in [-0.05, 0) is 54.8 Å². The Bertz CT molecular complexity index is 1090. The summed E-state index contributed by atoms with van der Waals surface area (Å²) < 4.78 is 78.5. The number of ether oxygens (including phenoxy) is 2. The zero-order chi connectivity index (χ0) is 21.7. The molecule has 0 bridgehead atoms. The lowest BCUT2D eigenvalue weighted by molar-refractivity contribution is -0.137. The van der Waals surface area contributed by atoms with Crippen LogP contribution in [0.4, 0.5) is 13.2 Å². The predicted molar refractivity (Wildman–Crippen MR) is 105 cm³/mol. The highest BCUT2D eigenvalue weighted by molar-refractivity contribution is 7.89. The maximum atomic E-state index is 13.3. The molecule has 2 aromatic rings. The Balaban J connectivity index is 1.73. The number of hydrogen-bond donors (Lipinski definition) is 0. The van der Waals surface area contributed by atoms with Gasteiger partial charge in [0, 0.05) is 19.0 Å². The quantitative estimate of drug-likeness (QED) is 0.643. The molecule has 5 nitrogen and oxygen atoms in total.